The molecule has 5 nitrogen and oxygen atoms in total. The highest BCUT2D eigenvalue weighted by molar-refractivity contribution is 6.34. The van der Waals surface area contributed by atoms with Crippen LogP contribution in [0.3, 0.4) is 0 Å². The Morgan fingerprint density at radius 1 is 1.57 bits per heavy atom. The lowest BCUT2D eigenvalue weighted by Gasteiger charge is -2.00. The van der Waals surface area contributed by atoms with Crippen molar-refractivity contribution in [3.8, 4) is 0 Å². The van der Waals surface area contributed by atoms with Gasteiger partial charge in [-0.25, -0.2) is 4.98 Å². The molecule has 2 aromatic rings. The van der Waals surface area contributed by atoms with Crippen molar-refractivity contribution in [1.82, 2.24) is 4.98 Å². The molecule has 0 atom stereocenters. The molecule has 72 valence electrons. The van der Waals surface area contributed by atoms with E-state index in [1.165, 1.54) is 6.39 Å². The number of oxazole rings is 1. The van der Waals surface area contributed by atoms with E-state index in [-0.39, 0.29) is 5.84 Å². The third kappa shape index (κ3) is 1.27. The molecule has 14 heavy (non-hydrogen) atoms. The summed E-state index contributed by atoms with van der Waals surface area (Å²) in [6.07, 6.45) is 1.30. The van der Waals surface area contributed by atoms with Crippen molar-refractivity contribution in [3.05, 3.63) is 29.1 Å². The van der Waals surface area contributed by atoms with Gasteiger partial charge in [-0.1, -0.05) is 16.8 Å². The first-order valence-electron chi connectivity index (χ1n) is 3.73. The second-order valence-corrected chi connectivity index (χ2v) is 3.04. The van der Waals surface area contributed by atoms with E-state index in [1.54, 1.807) is 12.1 Å². The maximum absolute atomic E-state index is 8.49. The van der Waals surface area contributed by atoms with Gasteiger partial charge in [0.15, 0.2) is 17.8 Å². The zero-order valence-electron chi connectivity index (χ0n) is 6.94. The standard InChI is InChI=1S/C8H6ClN3O2/c9-5-2-6-7(14-3-11-6)1-4(5)8(10)12-13/h1-3,13H,(H2,10,12). The molecule has 0 amide bonds. The molecule has 2 rings (SSSR count). The Hall–Kier alpha value is -1.75. The Balaban J connectivity index is 2.71. The number of halogens is 1. The molecule has 0 aliphatic rings. The number of nitrogens with two attached hydrogens (primary N) is 1. The first-order chi connectivity index (χ1) is 6.72. The minimum atomic E-state index is -0.0618. The highest BCUT2D eigenvalue weighted by atomic mass is 35.5. The van der Waals surface area contributed by atoms with Crippen molar-refractivity contribution in [1.29, 1.82) is 0 Å². The van der Waals surface area contributed by atoms with Crippen LogP contribution in [0.15, 0.2) is 28.1 Å². The van der Waals surface area contributed by atoms with E-state index < -0.39 is 0 Å². The Morgan fingerprint density at radius 2 is 2.36 bits per heavy atom. The van der Waals surface area contributed by atoms with Crippen LogP contribution < -0.4 is 5.73 Å². The molecule has 0 unspecified atom stereocenters. The van der Waals surface area contributed by atoms with Gasteiger partial charge in [-0.15, -0.1) is 0 Å². The van der Waals surface area contributed by atoms with Gasteiger partial charge in [-0.3, -0.25) is 0 Å². The van der Waals surface area contributed by atoms with Crippen LogP contribution in [0.1, 0.15) is 5.56 Å². The molecular formula is C8H6ClN3O2. The van der Waals surface area contributed by atoms with Gasteiger partial charge in [-0.05, 0) is 12.1 Å². The molecule has 0 radical (unpaired) electrons. The fourth-order valence-electron chi connectivity index (χ4n) is 1.13. The first-order valence-corrected chi connectivity index (χ1v) is 4.11. The monoisotopic (exact) mass is 211 g/mol. The van der Waals surface area contributed by atoms with E-state index in [1.807, 2.05) is 0 Å². The first kappa shape index (κ1) is 8.83. The minimum Gasteiger partial charge on any atom is -0.443 e. The second-order valence-electron chi connectivity index (χ2n) is 2.64. The highest BCUT2D eigenvalue weighted by Crippen LogP contribution is 2.22. The van der Waals surface area contributed by atoms with Gasteiger partial charge in [0.05, 0.1) is 5.02 Å². The molecule has 0 aliphatic carbocycles. The topological polar surface area (TPSA) is 84.6 Å². The molecule has 0 spiro atoms. The minimum absolute atomic E-state index is 0.0618. The Morgan fingerprint density at radius 3 is 3.07 bits per heavy atom. The summed E-state index contributed by atoms with van der Waals surface area (Å²) in [5.41, 5.74) is 6.99. The van der Waals surface area contributed by atoms with Crippen LogP contribution in [-0.4, -0.2) is 16.0 Å². The lowest BCUT2D eigenvalue weighted by Crippen LogP contribution is -2.13. The molecule has 1 aromatic carbocycles. The lowest BCUT2D eigenvalue weighted by atomic mass is 10.2. The van der Waals surface area contributed by atoms with Crippen molar-refractivity contribution in [3.63, 3.8) is 0 Å². The number of nitrogens with zero attached hydrogens (tertiary/aromatic N) is 2. The molecule has 0 saturated heterocycles. The Labute approximate surface area is 83.8 Å². The maximum atomic E-state index is 8.49. The average Bonchev–Trinajstić information content (AvgIpc) is 2.62. The number of rotatable bonds is 1. The zero-order valence-corrected chi connectivity index (χ0v) is 7.69. The fraction of sp³-hybridized carbons (Fsp3) is 0. The number of oxime groups is 1. The summed E-state index contributed by atoms with van der Waals surface area (Å²) in [5, 5.41) is 11.7. The van der Waals surface area contributed by atoms with Gasteiger partial charge in [0.1, 0.15) is 5.52 Å². The molecule has 0 saturated carbocycles. The second kappa shape index (κ2) is 3.19. The summed E-state index contributed by atoms with van der Waals surface area (Å²) >= 11 is 5.88. The van der Waals surface area contributed by atoms with Gasteiger partial charge in [0, 0.05) is 5.56 Å². The fourth-order valence-corrected chi connectivity index (χ4v) is 1.38. The van der Waals surface area contributed by atoms with Crippen LogP contribution in [0.4, 0.5) is 0 Å². The summed E-state index contributed by atoms with van der Waals surface area (Å²) in [6.45, 7) is 0. The van der Waals surface area contributed by atoms with E-state index >= 15 is 0 Å². The van der Waals surface area contributed by atoms with Gasteiger partial charge < -0.3 is 15.4 Å². The van der Waals surface area contributed by atoms with Crippen LogP contribution in [-0.2, 0) is 0 Å². The Bertz CT molecular complexity index is 506. The smallest absolute Gasteiger partial charge is 0.181 e. The molecular weight excluding hydrogens is 206 g/mol. The molecule has 1 heterocycles. The summed E-state index contributed by atoms with van der Waals surface area (Å²) in [7, 11) is 0. The van der Waals surface area contributed by atoms with Gasteiger partial charge in [0.2, 0.25) is 0 Å². The third-order valence-corrected chi connectivity index (χ3v) is 2.12. The number of hydrogen-bond acceptors (Lipinski definition) is 4. The van der Waals surface area contributed by atoms with Crippen molar-refractivity contribution >= 4 is 28.5 Å². The largest absolute Gasteiger partial charge is 0.443 e. The number of benzene rings is 1. The summed E-state index contributed by atoms with van der Waals surface area (Å²) in [6, 6.07) is 3.16. The average molecular weight is 212 g/mol. The van der Waals surface area contributed by atoms with Crippen LogP contribution in [0.25, 0.3) is 11.1 Å². The number of amidine groups is 1. The number of aromatic nitrogens is 1. The molecule has 0 fully saturated rings. The Kier molecular flexibility index (Phi) is 2.01. The maximum Gasteiger partial charge on any atom is 0.181 e. The van der Waals surface area contributed by atoms with Gasteiger partial charge in [-0.2, -0.15) is 0 Å². The number of fused-ring (bicyclic) bond motifs is 1. The van der Waals surface area contributed by atoms with Crippen molar-refractivity contribution in [2.45, 2.75) is 0 Å². The molecule has 6 heteroatoms. The van der Waals surface area contributed by atoms with E-state index in [0.717, 1.165) is 0 Å². The summed E-state index contributed by atoms with van der Waals surface area (Å²) in [4.78, 5) is 3.91. The summed E-state index contributed by atoms with van der Waals surface area (Å²) < 4.78 is 5.05. The SMILES string of the molecule is N/C(=N/O)c1cc2ocnc2cc1Cl. The van der Waals surface area contributed by atoms with Crippen LogP contribution in [0.5, 0.6) is 0 Å². The predicted octanol–water partition coefficient (Wildman–Crippen LogP) is 1.58. The van der Waals surface area contributed by atoms with Crippen molar-refractivity contribution in [2.24, 2.45) is 10.9 Å². The lowest BCUT2D eigenvalue weighted by molar-refractivity contribution is 0.318. The third-order valence-electron chi connectivity index (χ3n) is 1.80. The normalized spacial score (nSPS) is 12.2. The summed E-state index contributed by atoms with van der Waals surface area (Å²) in [5.74, 6) is -0.0618. The molecule has 0 aliphatic heterocycles. The van der Waals surface area contributed by atoms with E-state index in [4.69, 9.17) is 27.0 Å². The van der Waals surface area contributed by atoms with E-state index in [2.05, 4.69) is 10.1 Å². The molecule has 3 N–H and O–H groups in total. The van der Waals surface area contributed by atoms with E-state index in [0.29, 0.717) is 21.7 Å². The van der Waals surface area contributed by atoms with Crippen LogP contribution in [0, 0.1) is 0 Å². The number of hydrogen-bond donors (Lipinski definition) is 2. The van der Waals surface area contributed by atoms with Gasteiger partial charge in [0.25, 0.3) is 0 Å². The molecule has 1 aromatic heterocycles. The predicted molar refractivity (Wildman–Crippen MR) is 51.5 cm³/mol. The van der Waals surface area contributed by atoms with E-state index in [9.17, 15) is 0 Å². The zero-order chi connectivity index (χ0) is 10.1. The quantitative estimate of drug-likeness (QED) is 0.325. The van der Waals surface area contributed by atoms with Crippen LogP contribution in [0.2, 0.25) is 5.02 Å². The molecule has 0 bridgehead atoms. The van der Waals surface area contributed by atoms with Crippen molar-refractivity contribution < 1.29 is 9.62 Å². The van der Waals surface area contributed by atoms with Crippen LogP contribution >= 0.6 is 11.6 Å². The van der Waals surface area contributed by atoms with Crippen molar-refractivity contribution in [2.75, 3.05) is 0 Å². The van der Waals surface area contributed by atoms with Gasteiger partial charge >= 0.3 is 0 Å². The highest BCUT2D eigenvalue weighted by Gasteiger charge is 2.09.